The third-order valence-electron chi connectivity index (χ3n) is 6.41. The topological polar surface area (TPSA) is 141 Å². The second-order valence-electron chi connectivity index (χ2n) is 8.61. The molecule has 190 valence electrons. The van der Waals surface area contributed by atoms with Crippen LogP contribution in [0.4, 0.5) is 4.39 Å². The number of H-pyrrole nitrogens is 1. The largest absolute Gasteiger partial charge is 0.502 e. The molecule has 3 aromatic rings. The lowest BCUT2D eigenvalue weighted by Gasteiger charge is -2.32. The maximum Gasteiger partial charge on any atom is 0.276 e. The summed E-state index contributed by atoms with van der Waals surface area (Å²) in [6.07, 6.45) is 1.31. The summed E-state index contributed by atoms with van der Waals surface area (Å²) in [4.78, 5) is 26.2. The number of benzene rings is 2. The molecule has 1 amide bonds. The number of hydrogen-bond donors (Lipinski definition) is 3. The zero-order valence-corrected chi connectivity index (χ0v) is 20.4. The fraction of sp³-hybridized carbons (Fsp3) is 0.292. The molecule has 3 atom stereocenters. The van der Waals surface area contributed by atoms with E-state index < -0.39 is 55.9 Å². The highest BCUT2D eigenvalue weighted by Crippen LogP contribution is 2.36. The molecule has 4 rings (SSSR count). The molecule has 2 heterocycles. The fourth-order valence-electron chi connectivity index (χ4n) is 4.71. The van der Waals surface area contributed by atoms with Gasteiger partial charge in [-0.25, -0.2) is 4.39 Å². The highest BCUT2D eigenvalue weighted by atomic mass is 35.5. The van der Waals surface area contributed by atoms with E-state index in [2.05, 4.69) is 10.2 Å². The van der Waals surface area contributed by atoms with Crippen molar-refractivity contribution >= 4 is 27.6 Å². The molecule has 3 N–H and O–H groups in total. The first-order chi connectivity index (χ1) is 17.1. The number of amides is 1. The lowest BCUT2D eigenvalue weighted by Crippen LogP contribution is -2.47. The van der Waals surface area contributed by atoms with Gasteiger partial charge in [-0.15, -0.1) is 0 Å². The monoisotopic (exact) mass is 535 g/mol. The molecule has 0 aliphatic carbocycles. The van der Waals surface area contributed by atoms with Crippen LogP contribution in [-0.2, 0) is 10.1 Å². The van der Waals surface area contributed by atoms with Gasteiger partial charge in [0.15, 0.2) is 11.4 Å². The predicted molar refractivity (Wildman–Crippen MR) is 130 cm³/mol. The molecule has 1 aromatic heterocycles. The third kappa shape index (κ3) is 5.43. The lowest BCUT2D eigenvalue weighted by molar-refractivity contribution is 0.0718. The molecule has 1 aliphatic rings. The maximum atomic E-state index is 14.1. The van der Waals surface area contributed by atoms with E-state index in [-0.39, 0.29) is 19.4 Å². The fourth-order valence-corrected chi connectivity index (χ4v) is 5.95. The van der Waals surface area contributed by atoms with Crippen molar-refractivity contribution < 1.29 is 27.3 Å². The first-order valence-electron chi connectivity index (χ1n) is 11.1. The minimum Gasteiger partial charge on any atom is -0.502 e. The van der Waals surface area contributed by atoms with Gasteiger partial charge in [0.05, 0.1) is 12.2 Å². The van der Waals surface area contributed by atoms with Gasteiger partial charge < -0.3 is 10.0 Å². The Hall–Kier alpha value is -3.28. The molecule has 0 bridgehead atoms. The SMILES string of the molecule is O=C(c1[nH]ncc(=O)c1O)N1CCCC1[C@@H](C[C@@H](c1ccc(Cl)cc1)c1cccc(F)c1)S(=O)(=O)O. The highest BCUT2D eigenvalue weighted by molar-refractivity contribution is 7.86. The number of hydrogen-bond acceptors (Lipinski definition) is 6. The smallest absolute Gasteiger partial charge is 0.276 e. The average Bonchev–Trinajstić information content (AvgIpc) is 3.30. The van der Waals surface area contributed by atoms with Gasteiger partial charge in [-0.1, -0.05) is 35.9 Å². The highest BCUT2D eigenvalue weighted by Gasteiger charge is 2.43. The van der Waals surface area contributed by atoms with E-state index in [9.17, 15) is 32.1 Å². The van der Waals surface area contributed by atoms with Crippen molar-refractivity contribution in [3.8, 4) is 5.75 Å². The number of carbonyl (C=O) groups is 1. The Morgan fingerprint density at radius 1 is 1.22 bits per heavy atom. The van der Waals surface area contributed by atoms with Gasteiger partial charge >= 0.3 is 0 Å². The van der Waals surface area contributed by atoms with E-state index in [1.54, 1.807) is 30.3 Å². The Kier molecular flexibility index (Phi) is 7.43. The number of aromatic nitrogens is 2. The van der Waals surface area contributed by atoms with Crippen LogP contribution < -0.4 is 5.43 Å². The van der Waals surface area contributed by atoms with Crippen LogP contribution in [0.3, 0.4) is 0 Å². The summed E-state index contributed by atoms with van der Waals surface area (Å²) in [7, 11) is -4.71. The minimum atomic E-state index is -4.71. The van der Waals surface area contributed by atoms with E-state index in [1.165, 1.54) is 23.1 Å². The van der Waals surface area contributed by atoms with E-state index in [0.717, 1.165) is 6.20 Å². The van der Waals surface area contributed by atoms with Crippen molar-refractivity contribution in [1.29, 1.82) is 0 Å². The van der Waals surface area contributed by atoms with Crippen LogP contribution in [-0.4, -0.2) is 56.9 Å². The quantitative estimate of drug-likeness (QED) is 0.394. The van der Waals surface area contributed by atoms with Crippen LogP contribution >= 0.6 is 11.6 Å². The molecule has 2 aromatic carbocycles. The molecule has 1 unspecified atom stereocenters. The number of aromatic amines is 1. The molecule has 36 heavy (non-hydrogen) atoms. The normalized spacial score (nSPS) is 17.6. The van der Waals surface area contributed by atoms with E-state index in [4.69, 9.17) is 11.6 Å². The minimum absolute atomic E-state index is 0.136. The van der Waals surface area contributed by atoms with Crippen molar-refractivity contribution in [2.24, 2.45) is 0 Å². The van der Waals surface area contributed by atoms with Gasteiger partial charge in [-0.05, 0) is 54.7 Å². The summed E-state index contributed by atoms with van der Waals surface area (Å²) in [6, 6.07) is 11.4. The summed E-state index contributed by atoms with van der Waals surface area (Å²) in [5.74, 6) is -2.82. The van der Waals surface area contributed by atoms with E-state index >= 15 is 0 Å². The van der Waals surface area contributed by atoms with Crippen LogP contribution in [0.1, 0.15) is 46.8 Å². The van der Waals surface area contributed by atoms with E-state index in [0.29, 0.717) is 22.6 Å². The number of carbonyl (C=O) groups excluding carboxylic acids is 1. The van der Waals surface area contributed by atoms with Crippen molar-refractivity contribution in [3.05, 3.63) is 92.6 Å². The number of rotatable bonds is 7. The molecule has 1 fully saturated rings. The van der Waals surface area contributed by atoms with Crippen LogP contribution in [0.2, 0.25) is 5.02 Å². The Morgan fingerprint density at radius 3 is 2.61 bits per heavy atom. The second-order valence-corrected chi connectivity index (χ2v) is 10.7. The number of likely N-dealkylation sites (tertiary alicyclic amines) is 1. The Bertz CT molecular complexity index is 1430. The summed E-state index contributed by atoms with van der Waals surface area (Å²) in [5.41, 5.74) is -0.212. The molecule has 0 radical (unpaired) electrons. The first-order valence-corrected chi connectivity index (χ1v) is 13.0. The number of nitrogens with zero attached hydrogens (tertiary/aromatic N) is 2. The van der Waals surface area contributed by atoms with Crippen molar-refractivity contribution in [2.45, 2.75) is 36.5 Å². The Morgan fingerprint density at radius 2 is 1.94 bits per heavy atom. The number of aromatic hydroxyl groups is 1. The lowest BCUT2D eigenvalue weighted by atomic mass is 9.85. The molecule has 0 spiro atoms. The van der Waals surface area contributed by atoms with Gasteiger partial charge in [0.2, 0.25) is 5.43 Å². The van der Waals surface area contributed by atoms with E-state index in [1.807, 2.05) is 0 Å². The molecule has 12 heteroatoms. The summed E-state index contributed by atoms with van der Waals surface area (Å²) < 4.78 is 49.7. The van der Waals surface area contributed by atoms with Crippen molar-refractivity contribution in [1.82, 2.24) is 15.1 Å². The Balaban J connectivity index is 1.74. The standard InChI is InChI=1S/C24H23ClFN3O6S/c25-16-8-6-14(7-9-16)18(15-3-1-4-17(26)11-15)12-21(36(33,34)35)19-5-2-10-29(19)24(32)22-23(31)20(30)13-27-28-22/h1,3-4,6-9,11,13,18-19,21H,2,5,10,12H2,(H,27,31)(H,28,30)(H,33,34,35)/t18-,19?,21+/m0/s1. The average molecular weight is 536 g/mol. The van der Waals surface area contributed by atoms with Gasteiger partial charge in [0, 0.05) is 17.5 Å². The maximum absolute atomic E-state index is 14.1. The van der Waals surface area contributed by atoms with Gasteiger partial charge in [-0.3, -0.25) is 19.2 Å². The van der Waals surface area contributed by atoms with Crippen molar-refractivity contribution in [2.75, 3.05) is 6.54 Å². The van der Waals surface area contributed by atoms with Crippen LogP contribution in [0.25, 0.3) is 0 Å². The molecular weight excluding hydrogens is 513 g/mol. The summed E-state index contributed by atoms with van der Waals surface area (Å²) in [5, 5.41) is 14.9. The molecule has 1 saturated heterocycles. The zero-order valence-electron chi connectivity index (χ0n) is 18.8. The van der Waals surface area contributed by atoms with Crippen LogP contribution in [0.5, 0.6) is 5.75 Å². The molecular formula is C24H23ClFN3O6S. The van der Waals surface area contributed by atoms with Crippen LogP contribution in [0, 0.1) is 5.82 Å². The summed E-state index contributed by atoms with van der Waals surface area (Å²) >= 11 is 6.01. The van der Waals surface area contributed by atoms with Gasteiger partial charge in [-0.2, -0.15) is 13.5 Å². The molecule has 1 aliphatic heterocycles. The number of halogens is 2. The molecule has 0 saturated carbocycles. The Labute approximate surface area is 211 Å². The predicted octanol–water partition coefficient (Wildman–Crippen LogP) is 3.35. The van der Waals surface area contributed by atoms with Crippen molar-refractivity contribution in [3.63, 3.8) is 0 Å². The van der Waals surface area contributed by atoms with Gasteiger partial charge in [0.1, 0.15) is 11.1 Å². The summed E-state index contributed by atoms with van der Waals surface area (Å²) in [6.45, 7) is 0.136. The van der Waals surface area contributed by atoms with Crippen LogP contribution in [0.15, 0.2) is 59.5 Å². The second kappa shape index (κ2) is 10.4. The zero-order chi connectivity index (χ0) is 26.0. The van der Waals surface area contributed by atoms with Gasteiger partial charge in [0.25, 0.3) is 16.0 Å². The third-order valence-corrected chi connectivity index (χ3v) is 7.93. The number of nitrogens with one attached hydrogen (secondary N) is 1. The first kappa shape index (κ1) is 25.8. The molecule has 9 nitrogen and oxygen atoms in total.